The van der Waals surface area contributed by atoms with E-state index in [9.17, 15) is 8.42 Å². The summed E-state index contributed by atoms with van der Waals surface area (Å²) >= 11 is 1.21. The Labute approximate surface area is 163 Å². The van der Waals surface area contributed by atoms with E-state index >= 15 is 0 Å². The van der Waals surface area contributed by atoms with Crippen LogP contribution in [0.25, 0.3) is 11.0 Å². The van der Waals surface area contributed by atoms with Crippen molar-refractivity contribution >= 4 is 32.6 Å². The number of methoxy groups -OCH3 is 1. The largest absolute Gasteiger partial charge is 0.383 e. The number of fused-ring (bicyclic) bond motifs is 1. The number of hydrogen-bond acceptors (Lipinski definition) is 8. The maximum atomic E-state index is 12.3. The SMILES string of the molecule is CCS(=O)(=O)c1ncc(CN(C)Cc2ccc3nsnc3c2)n1CCOC. The Morgan fingerprint density at radius 2 is 2.00 bits per heavy atom. The van der Waals surface area contributed by atoms with Gasteiger partial charge in [-0.1, -0.05) is 13.0 Å². The highest BCUT2D eigenvalue weighted by Gasteiger charge is 2.22. The molecule has 0 aliphatic carbocycles. The van der Waals surface area contributed by atoms with Crippen LogP contribution in [-0.2, 0) is 34.2 Å². The summed E-state index contributed by atoms with van der Waals surface area (Å²) in [5.41, 5.74) is 3.77. The van der Waals surface area contributed by atoms with Crippen LogP contribution < -0.4 is 0 Å². The Hall–Kier alpha value is -1.88. The molecule has 2 aromatic heterocycles. The first-order valence-electron chi connectivity index (χ1n) is 8.60. The molecule has 146 valence electrons. The fourth-order valence-electron chi connectivity index (χ4n) is 2.89. The summed E-state index contributed by atoms with van der Waals surface area (Å²) in [4.78, 5) is 6.30. The number of benzene rings is 1. The fourth-order valence-corrected chi connectivity index (χ4v) is 4.42. The van der Waals surface area contributed by atoms with Crippen molar-refractivity contribution in [3.8, 4) is 0 Å². The number of imidazole rings is 1. The highest BCUT2D eigenvalue weighted by molar-refractivity contribution is 7.91. The second-order valence-electron chi connectivity index (χ2n) is 6.34. The molecular weight excluding hydrogens is 386 g/mol. The van der Waals surface area contributed by atoms with E-state index in [-0.39, 0.29) is 10.9 Å². The number of nitrogens with zero attached hydrogens (tertiary/aromatic N) is 5. The fraction of sp³-hybridized carbons (Fsp3) is 0.471. The summed E-state index contributed by atoms with van der Waals surface area (Å²) in [7, 11) is 0.201. The molecule has 0 spiro atoms. The van der Waals surface area contributed by atoms with Crippen molar-refractivity contribution in [2.24, 2.45) is 0 Å². The van der Waals surface area contributed by atoms with Crippen LogP contribution in [0, 0.1) is 0 Å². The Morgan fingerprint density at radius 3 is 2.74 bits per heavy atom. The predicted octanol–water partition coefficient (Wildman–Crippen LogP) is 1.96. The third kappa shape index (κ3) is 4.52. The molecule has 8 nitrogen and oxygen atoms in total. The Morgan fingerprint density at radius 1 is 1.22 bits per heavy atom. The predicted molar refractivity (Wildman–Crippen MR) is 104 cm³/mol. The molecule has 3 aromatic rings. The van der Waals surface area contributed by atoms with E-state index in [2.05, 4.69) is 18.6 Å². The maximum absolute atomic E-state index is 12.3. The van der Waals surface area contributed by atoms with E-state index in [1.165, 1.54) is 11.7 Å². The lowest BCUT2D eigenvalue weighted by molar-refractivity contribution is 0.182. The minimum atomic E-state index is -3.39. The quantitative estimate of drug-likeness (QED) is 0.533. The summed E-state index contributed by atoms with van der Waals surface area (Å²) in [5, 5.41) is 0.111. The molecular formula is C17H23N5O3S2. The topological polar surface area (TPSA) is 90.2 Å². The standard InChI is InChI=1S/C17H23N5O3S2/c1-4-27(23,24)17-18-10-14(22(17)7-8-25-3)12-21(2)11-13-5-6-15-16(9-13)20-26-19-15/h5-6,9-10H,4,7-8,11-12H2,1-3H3. The van der Waals surface area contributed by atoms with Crippen molar-refractivity contribution in [2.75, 3.05) is 26.5 Å². The van der Waals surface area contributed by atoms with Crippen molar-refractivity contribution in [3.63, 3.8) is 0 Å². The number of aromatic nitrogens is 4. The van der Waals surface area contributed by atoms with Crippen molar-refractivity contribution in [1.82, 2.24) is 23.2 Å². The third-order valence-corrected chi connectivity index (χ3v) is 6.48. The van der Waals surface area contributed by atoms with Crippen LogP contribution in [0.15, 0.2) is 29.6 Å². The summed E-state index contributed by atoms with van der Waals surface area (Å²) in [5.74, 6) is 0.0218. The molecule has 0 unspecified atom stereocenters. The summed E-state index contributed by atoms with van der Waals surface area (Å²) in [6, 6.07) is 6.04. The first-order valence-corrected chi connectivity index (χ1v) is 11.0. The zero-order chi connectivity index (χ0) is 19.4. The van der Waals surface area contributed by atoms with Crippen LogP contribution in [0.4, 0.5) is 0 Å². The van der Waals surface area contributed by atoms with Gasteiger partial charge >= 0.3 is 0 Å². The molecule has 2 heterocycles. The van der Waals surface area contributed by atoms with Crippen LogP contribution in [0.2, 0.25) is 0 Å². The lowest BCUT2D eigenvalue weighted by atomic mass is 10.2. The normalized spacial score (nSPS) is 12.3. The molecule has 0 saturated heterocycles. The van der Waals surface area contributed by atoms with E-state index in [4.69, 9.17) is 4.74 Å². The van der Waals surface area contributed by atoms with E-state index < -0.39 is 9.84 Å². The molecule has 0 bridgehead atoms. The van der Waals surface area contributed by atoms with Crippen LogP contribution >= 0.6 is 11.7 Å². The first kappa shape index (κ1) is 19.9. The van der Waals surface area contributed by atoms with Gasteiger partial charge in [0.2, 0.25) is 15.0 Å². The summed E-state index contributed by atoms with van der Waals surface area (Å²) in [6.07, 6.45) is 1.64. The average Bonchev–Trinajstić information content (AvgIpc) is 3.26. The highest BCUT2D eigenvalue weighted by Crippen LogP contribution is 2.18. The molecule has 0 aliphatic rings. The monoisotopic (exact) mass is 409 g/mol. The Kier molecular flexibility index (Phi) is 6.20. The van der Waals surface area contributed by atoms with Crippen LogP contribution in [0.5, 0.6) is 0 Å². The van der Waals surface area contributed by atoms with E-state index in [1.54, 1.807) is 24.8 Å². The van der Waals surface area contributed by atoms with Crippen LogP contribution in [0.1, 0.15) is 18.2 Å². The zero-order valence-corrected chi connectivity index (χ0v) is 17.3. The van der Waals surface area contributed by atoms with Gasteiger partial charge in [0, 0.05) is 26.7 Å². The molecule has 3 rings (SSSR count). The molecule has 10 heteroatoms. The average molecular weight is 410 g/mol. The number of ether oxygens (including phenoxy) is 1. The molecule has 0 saturated carbocycles. The molecule has 0 radical (unpaired) electrons. The molecule has 0 aliphatic heterocycles. The van der Waals surface area contributed by atoms with Gasteiger partial charge in [0.05, 0.1) is 36.0 Å². The zero-order valence-electron chi connectivity index (χ0n) is 15.6. The van der Waals surface area contributed by atoms with Gasteiger partial charge in [-0.2, -0.15) is 8.75 Å². The Balaban J connectivity index is 1.78. The van der Waals surface area contributed by atoms with Crippen molar-refractivity contribution in [1.29, 1.82) is 0 Å². The first-order chi connectivity index (χ1) is 12.9. The number of sulfone groups is 1. The van der Waals surface area contributed by atoms with Gasteiger partial charge in [-0.15, -0.1) is 0 Å². The minimum absolute atomic E-state index is 0.0218. The maximum Gasteiger partial charge on any atom is 0.227 e. The van der Waals surface area contributed by atoms with Gasteiger partial charge in [-0.25, -0.2) is 13.4 Å². The third-order valence-electron chi connectivity index (χ3n) is 4.28. The van der Waals surface area contributed by atoms with Crippen molar-refractivity contribution in [2.45, 2.75) is 31.7 Å². The van der Waals surface area contributed by atoms with Gasteiger partial charge in [0.1, 0.15) is 11.0 Å². The molecule has 0 atom stereocenters. The van der Waals surface area contributed by atoms with E-state index in [0.717, 1.165) is 22.3 Å². The van der Waals surface area contributed by atoms with Crippen LogP contribution in [0.3, 0.4) is 0 Å². The molecule has 0 N–H and O–H groups in total. The van der Waals surface area contributed by atoms with E-state index in [1.807, 2.05) is 25.2 Å². The molecule has 0 fully saturated rings. The lowest BCUT2D eigenvalue weighted by Gasteiger charge is -2.18. The lowest BCUT2D eigenvalue weighted by Crippen LogP contribution is -2.22. The van der Waals surface area contributed by atoms with Gasteiger partial charge < -0.3 is 9.30 Å². The van der Waals surface area contributed by atoms with Gasteiger partial charge in [0.15, 0.2) is 0 Å². The molecule has 1 aromatic carbocycles. The van der Waals surface area contributed by atoms with Crippen molar-refractivity contribution in [3.05, 3.63) is 35.7 Å². The summed E-state index contributed by atoms with van der Waals surface area (Å²) < 4.78 is 40.0. The second kappa shape index (κ2) is 8.42. The smallest absolute Gasteiger partial charge is 0.227 e. The van der Waals surface area contributed by atoms with Crippen molar-refractivity contribution < 1.29 is 13.2 Å². The van der Waals surface area contributed by atoms with Gasteiger partial charge in [-0.3, -0.25) is 4.90 Å². The highest BCUT2D eigenvalue weighted by atomic mass is 32.2. The van der Waals surface area contributed by atoms with Gasteiger partial charge in [0.25, 0.3) is 0 Å². The number of rotatable bonds is 9. The summed E-state index contributed by atoms with van der Waals surface area (Å²) in [6.45, 7) is 3.78. The Bertz CT molecular complexity index is 1010. The van der Waals surface area contributed by atoms with Gasteiger partial charge in [-0.05, 0) is 24.7 Å². The minimum Gasteiger partial charge on any atom is -0.383 e. The molecule has 0 amide bonds. The second-order valence-corrected chi connectivity index (χ2v) is 9.04. The van der Waals surface area contributed by atoms with Crippen LogP contribution in [-0.4, -0.2) is 58.1 Å². The number of hydrogen-bond donors (Lipinski definition) is 0. The van der Waals surface area contributed by atoms with E-state index in [0.29, 0.717) is 26.2 Å². The molecule has 27 heavy (non-hydrogen) atoms.